The molecule has 0 aromatic carbocycles. The largest absolute Gasteiger partial charge is 0.444 e. The minimum Gasteiger partial charge on any atom is -0.444 e. The van der Waals surface area contributed by atoms with Crippen molar-refractivity contribution in [2.45, 2.75) is 51.4 Å². The lowest BCUT2D eigenvalue weighted by molar-refractivity contribution is 0.0473. The number of carbonyl (C=O) groups excluding carboxylic acids is 1. The fourth-order valence-corrected chi connectivity index (χ4v) is 1.63. The molecule has 0 bridgehead atoms. The first kappa shape index (κ1) is 13.2. The van der Waals surface area contributed by atoms with Gasteiger partial charge in [-0.3, -0.25) is 0 Å². The molecule has 0 saturated carbocycles. The molecule has 2 unspecified atom stereocenters. The summed E-state index contributed by atoms with van der Waals surface area (Å²) in [5.74, 6) is 0. The minimum absolute atomic E-state index is 0.292. The van der Waals surface area contributed by atoms with Crippen LogP contribution in [0.15, 0.2) is 0 Å². The molecule has 0 aromatic rings. The fraction of sp³-hybridized carbons (Fsp3) is 0.909. The number of halogens is 1. The van der Waals surface area contributed by atoms with E-state index in [0.29, 0.717) is 13.0 Å². The van der Waals surface area contributed by atoms with Gasteiger partial charge in [-0.05, 0) is 40.2 Å². The van der Waals surface area contributed by atoms with Gasteiger partial charge in [-0.2, -0.15) is 0 Å². The van der Waals surface area contributed by atoms with Crippen molar-refractivity contribution in [1.29, 1.82) is 0 Å². The Labute approximate surface area is 95.9 Å². The Morgan fingerprint density at radius 2 is 2.19 bits per heavy atom. The second kappa shape index (κ2) is 5.48. The zero-order valence-electron chi connectivity index (χ0n) is 10.2. The average molecular weight is 232 g/mol. The van der Waals surface area contributed by atoms with Gasteiger partial charge in [0.15, 0.2) is 0 Å². The van der Waals surface area contributed by atoms with E-state index < -0.39 is 23.9 Å². The average Bonchev–Trinajstić information content (AvgIpc) is 2.29. The molecule has 1 fully saturated rings. The summed E-state index contributed by atoms with van der Waals surface area (Å²) < 4.78 is 18.7. The van der Waals surface area contributed by atoms with E-state index in [2.05, 4.69) is 10.6 Å². The molecule has 0 radical (unpaired) electrons. The van der Waals surface area contributed by atoms with Crippen molar-refractivity contribution in [1.82, 2.24) is 10.6 Å². The maximum Gasteiger partial charge on any atom is 0.407 e. The van der Waals surface area contributed by atoms with E-state index in [-0.39, 0.29) is 0 Å². The van der Waals surface area contributed by atoms with Crippen LogP contribution in [0.2, 0.25) is 0 Å². The normalized spacial score (nSPS) is 27.0. The molecule has 1 aliphatic rings. The predicted molar refractivity (Wildman–Crippen MR) is 60.2 cm³/mol. The molecule has 1 aliphatic heterocycles. The standard InChI is InChI=1S/C11H21FN2O2/c1-11(2,3)16-10(15)14-9-5-4-6-13-7-8(9)12/h8-9,13H,4-7H2,1-3H3,(H,14,15). The van der Waals surface area contributed by atoms with Crippen LogP contribution in [0.3, 0.4) is 0 Å². The first-order chi connectivity index (χ1) is 7.38. The Morgan fingerprint density at radius 1 is 1.50 bits per heavy atom. The summed E-state index contributed by atoms with van der Waals surface area (Å²) in [5, 5.41) is 5.57. The minimum atomic E-state index is -1.05. The second-order valence-electron chi connectivity index (χ2n) is 5.12. The van der Waals surface area contributed by atoms with Gasteiger partial charge in [-0.25, -0.2) is 9.18 Å². The molecule has 1 heterocycles. The van der Waals surface area contributed by atoms with E-state index in [4.69, 9.17) is 4.74 Å². The molecule has 4 nitrogen and oxygen atoms in total. The summed E-state index contributed by atoms with van der Waals surface area (Å²) in [7, 11) is 0. The number of nitrogens with one attached hydrogen (secondary N) is 2. The van der Waals surface area contributed by atoms with Crippen LogP contribution in [0.4, 0.5) is 9.18 Å². The molecule has 5 heteroatoms. The van der Waals surface area contributed by atoms with Gasteiger partial charge in [-0.15, -0.1) is 0 Å². The molecule has 94 valence electrons. The zero-order valence-corrected chi connectivity index (χ0v) is 10.2. The summed E-state index contributed by atoms with van der Waals surface area (Å²) in [4.78, 5) is 11.5. The Morgan fingerprint density at radius 3 is 2.81 bits per heavy atom. The maximum atomic E-state index is 13.6. The SMILES string of the molecule is CC(C)(C)OC(=O)NC1CCCNCC1F. The highest BCUT2D eigenvalue weighted by Crippen LogP contribution is 2.11. The first-order valence-electron chi connectivity index (χ1n) is 5.73. The third-order valence-electron chi connectivity index (χ3n) is 2.35. The van der Waals surface area contributed by atoms with Crippen molar-refractivity contribution in [3.8, 4) is 0 Å². The summed E-state index contributed by atoms with van der Waals surface area (Å²) in [6, 6.07) is -0.440. The highest BCUT2D eigenvalue weighted by molar-refractivity contribution is 5.68. The summed E-state index contributed by atoms with van der Waals surface area (Å²) >= 11 is 0. The number of amides is 1. The lowest BCUT2D eigenvalue weighted by Gasteiger charge is -2.24. The topological polar surface area (TPSA) is 50.4 Å². The van der Waals surface area contributed by atoms with Crippen LogP contribution in [-0.2, 0) is 4.74 Å². The molecule has 0 aliphatic carbocycles. The first-order valence-corrected chi connectivity index (χ1v) is 5.73. The maximum absolute atomic E-state index is 13.6. The van der Waals surface area contributed by atoms with E-state index in [0.717, 1.165) is 13.0 Å². The molecule has 1 amide bonds. The van der Waals surface area contributed by atoms with E-state index in [1.807, 2.05) is 0 Å². The van der Waals surface area contributed by atoms with Crippen molar-refractivity contribution in [3.63, 3.8) is 0 Å². The van der Waals surface area contributed by atoms with Crippen LogP contribution in [0, 0.1) is 0 Å². The molecular formula is C11H21FN2O2. The monoisotopic (exact) mass is 232 g/mol. The van der Waals surface area contributed by atoms with Crippen molar-refractivity contribution >= 4 is 6.09 Å². The van der Waals surface area contributed by atoms with Gasteiger partial charge < -0.3 is 15.4 Å². The van der Waals surface area contributed by atoms with E-state index in [9.17, 15) is 9.18 Å². The summed E-state index contributed by atoms with van der Waals surface area (Å²) in [5.41, 5.74) is -0.543. The lowest BCUT2D eigenvalue weighted by atomic mass is 10.1. The fourth-order valence-electron chi connectivity index (χ4n) is 1.63. The predicted octanol–water partition coefficient (Wildman–Crippen LogP) is 1.60. The van der Waals surface area contributed by atoms with Gasteiger partial charge in [-0.1, -0.05) is 0 Å². The number of rotatable bonds is 1. The summed E-state index contributed by atoms with van der Waals surface area (Å²) in [6.07, 6.45) is -0.0778. The van der Waals surface area contributed by atoms with E-state index in [1.54, 1.807) is 20.8 Å². The number of carbonyl (C=O) groups is 1. The Bertz CT molecular complexity index is 241. The van der Waals surface area contributed by atoms with Crippen LogP contribution in [0.5, 0.6) is 0 Å². The van der Waals surface area contributed by atoms with Gasteiger partial charge in [0.2, 0.25) is 0 Å². The smallest absolute Gasteiger partial charge is 0.407 e. The second-order valence-corrected chi connectivity index (χ2v) is 5.12. The van der Waals surface area contributed by atoms with Gasteiger partial charge in [0.05, 0.1) is 6.04 Å². The quantitative estimate of drug-likeness (QED) is 0.722. The highest BCUT2D eigenvalue weighted by atomic mass is 19.1. The molecule has 2 N–H and O–H groups in total. The van der Waals surface area contributed by atoms with E-state index >= 15 is 0 Å². The number of ether oxygens (including phenoxy) is 1. The Kier molecular flexibility index (Phi) is 4.53. The number of alkyl halides is 1. The third kappa shape index (κ3) is 4.79. The van der Waals surface area contributed by atoms with Gasteiger partial charge in [0.25, 0.3) is 0 Å². The van der Waals surface area contributed by atoms with Crippen molar-refractivity contribution < 1.29 is 13.9 Å². The van der Waals surface area contributed by atoms with Crippen LogP contribution in [-0.4, -0.2) is 37.0 Å². The van der Waals surface area contributed by atoms with Crippen molar-refractivity contribution in [3.05, 3.63) is 0 Å². The van der Waals surface area contributed by atoms with E-state index in [1.165, 1.54) is 0 Å². The number of hydrogen-bond donors (Lipinski definition) is 2. The van der Waals surface area contributed by atoms with Crippen molar-refractivity contribution in [2.24, 2.45) is 0 Å². The summed E-state index contributed by atoms with van der Waals surface area (Å²) in [6.45, 7) is 6.45. The molecule has 0 aromatic heterocycles. The molecule has 1 rings (SSSR count). The molecule has 1 saturated heterocycles. The number of hydrogen-bond acceptors (Lipinski definition) is 3. The Balaban J connectivity index is 2.42. The van der Waals surface area contributed by atoms with Crippen LogP contribution in [0.25, 0.3) is 0 Å². The van der Waals surface area contributed by atoms with Crippen LogP contribution in [0.1, 0.15) is 33.6 Å². The molecule has 16 heavy (non-hydrogen) atoms. The van der Waals surface area contributed by atoms with Gasteiger partial charge in [0.1, 0.15) is 11.8 Å². The van der Waals surface area contributed by atoms with Gasteiger partial charge in [0, 0.05) is 6.54 Å². The number of alkyl carbamates (subject to hydrolysis) is 1. The lowest BCUT2D eigenvalue weighted by Crippen LogP contribution is -2.45. The Hall–Kier alpha value is -0.840. The van der Waals surface area contributed by atoms with Gasteiger partial charge >= 0.3 is 6.09 Å². The molecule has 2 atom stereocenters. The molecular weight excluding hydrogens is 211 g/mol. The molecule has 0 spiro atoms. The zero-order chi connectivity index (χ0) is 12.2. The van der Waals surface area contributed by atoms with Crippen molar-refractivity contribution in [2.75, 3.05) is 13.1 Å². The third-order valence-corrected chi connectivity index (χ3v) is 2.35. The van der Waals surface area contributed by atoms with Crippen LogP contribution < -0.4 is 10.6 Å². The highest BCUT2D eigenvalue weighted by Gasteiger charge is 2.26. The van der Waals surface area contributed by atoms with Crippen LogP contribution >= 0.6 is 0 Å².